The van der Waals surface area contributed by atoms with Crippen LogP contribution in [0.15, 0.2) is 103 Å². The molecular formula is C29H23F3N2. The monoisotopic (exact) mass is 456 g/mol. The van der Waals surface area contributed by atoms with E-state index in [4.69, 9.17) is 0 Å². The quantitative estimate of drug-likeness (QED) is 0.269. The van der Waals surface area contributed by atoms with Crippen molar-refractivity contribution in [1.82, 2.24) is 0 Å². The molecule has 170 valence electrons. The Morgan fingerprint density at radius 2 is 0.941 bits per heavy atom. The van der Waals surface area contributed by atoms with Crippen molar-refractivity contribution < 1.29 is 13.2 Å². The molecule has 0 atom stereocenters. The van der Waals surface area contributed by atoms with Crippen LogP contribution < -0.4 is 10.6 Å². The predicted molar refractivity (Wildman–Crippen MR) is 134 cm³/mol. The second kappa shape index (κ2) is 9.10. The standard InChI is InChI=1S/C29H23F3N2/c30-29(31,32)26-15-27(33-18-20-9-11-22-5-1-3-7-24(22)13-20)17-28(16-26)34-19-21-10-12-23-6-2-4-8-25(23)14-21/h1-17,33-34H,18-19H2. The van der Waals surface area contributed by atoms with Gasteiger partial charge in [0.25, 0.3) is 0 Å². The van der Waals surface area contributed by atoms with Crippen molar-refractivity contribution in [1.29, 1.82) is 0 Å². The molecule has 5 rings (SSSR count). The average molecular weight is 457 g/mol. The summed E-state index contributed by atoms with van der Waals surface area (Å²) in [4.78, 5) is 0. The number of rotatable bonds is 6. The third kappa shape index (κ3) is 4.99. The van der Waals surface area contributed by atoms with Gasteiger partial charge in [0, 0.05) is 24.5 Å². The fraction of sp³-hybridized carbons (Fsp3) is 0.103. The number of hydrogen-bond acceptors (Lipinski definition) is 2. The minimum atomic E-state index is -4.43. The molecule has 5 heteroatoms. The van der Waals surface area contributed by atoms with Crippen molar-refractivity contribution in [2.24, 2.45) is 0 Å². The van der Waals surface area contributed by atoms with Crippen LogP contribution in [0.25, 0.3) is 21.5 Å². The van der Waals surface area contributed by atoms with Crippen LogP contribution >= 0.6 is 0 Å². The van der Waals surface area contributed by atoms with Crippen LogP contribution in [0.5, 0.6) is 0 Å². The Morgan fingerprint density at radius 1 is 0.500 bits per heavy atom. The van der Waals surface area contributed by atoms with Crippen molar-refractivity contribution in [2.45, 2.75) is 19.3 Å². The molecule has 0 amide bonds. The van der Waals surface area contributed by atoms with E-state index in [1.54, 1.807) is 6.07 Å². The summed E-state index contributed by atoms with van der Waals surface area (Å²) < 4.78 is 40.7. The van der Waals surface area contributed by atoms with Crippen LogP contribution in [0.4, 0.5) is 24.5 Å². The third-order valence-electron chi connectivity index (χ3n) is 5.88. The Bertz CT molecular complexity index is 1360. The van der Waals surface area contributed by atoms with E-state index in [9.17, 15) is 13.2 Å². The Labute approximate surface area is 196 Å². The van der Waals surface area contributed by atoms with Gasteiger partial charge in [0.1, 0.15) is 0 Å². The molecule has 0 aromatic heterocycles. The summed E-state index contributed by atoms with van der Waals surface area (Å²) in [5, 5.41) is 10.8. The molecule has 5 aromatic rings. The highest BCUT2D eigenvalue weighted by Gasteiger charge is 2.31. The first-order valence-corrected chi connectivity index (χ1v) is 11.1. The van der Waals surface area contributed by atoms with Gasteiger partial charge in [-0.1, -0.05) is 72.8 Å². The molecule has 0 saturated carbocycles. The summed E-state index contributed by atoms with van der Waals surface area (Å²) in [6.07, 6.45) is -4.43. The molecule has 2 nitrogen and oxygen atoms in total. The molecule has 0 saturated heterocycles. The molecule has 5 aromatic carbocycles. The third-order valence-corrected chi connectivity index (χ3v) is 5.88. The summed E-state index contributed by atoms with van der Waals surface area (Å²) in [5.41, 5.74) is 2.16. The second-order valence-corrected chi connectivity index (χ2v) is 8.37. The summed E-state index contributed by atoms with van der Waals surface area (Å²) in [6, 6.07) is 32.2. The van der Waals surface area contributed by atoms with E-state index in [0.29, 0.717) is 24.5 Å². The van der Waals surface area contributed by atoms with E-state index >= 15 is 0 Å². The highest BCUT2D eigenvalue weighted by Crippen LogP contribution is 2.34. The van der Waals surface area contributed by atoms with Crippen LogP contribution in [0.1, 0.15) is 16.7 Å². The van der Waals surface area contributed by atoms with Gasteiger partial charge >= 0.3 is 6.18 Å². The molecule has 0 spiro atoms. The lowest BCUT2D eigenvalue weighted by atomic mass is 10.1. The zero-order valence-electron chi connectivity index (χ0n) is 18.4. The maximum Gasteiger partial charge on any atom is 0.416 e. The van der Waals surface area contributed by atoms with Crippen molar-refractivity contribution in [3.8, 4) is 0 Å². The van der Waals surface area contributed by atoms with Gasteiger partial charge in [0.15, 0.2) is 0 Å². The highest BCUT2D eigenvalue weighted by atomic mass is 19.4. The maximum atomic E-state index is 13.6. The number of nitrogens with one attached hydrogen (secondary N) is 2. The zero-order chi connectivity index (χ0) is 23.5. The first-order chi connectivity index (χ1) is 16.4. The van der Waals surface area contributed by atoms with Crippen molar-refractivity contribution in [3.05, 3.63) is 120 Å². The van der Waals surface area contributed by atoms with Crippen molar-refractivity contribution in [3.63, 3.8) is 0 Å². The summed E-state index contributed by atoms with van der Waals surface area (Å²) in [5.74, 6) is 0. The van der Waals surface area contributed by atoms with Gasteiger partial charge < -0.3 is 10.6 Å². The predicted octanol–water partition coefficient (Wildman–Crippen LogP) is 8.24. The lowest BCUT2D eigenvalue weighted by molar-refractivity contribution is -0.137. The SMILES string of the molecule is FC(F)(F)c1cc(NCc2ccc3ccccc3c2)cc(NCc2ccc3ccccc3c2)c1. The lowest BCUT2D eigenvalue weighted by Crippen LogP contribution is -2.09. The Kier molecular flexibility index (Phi) is 5.84. The van der Waals surface area contributed by atoms with Crippen LogP contribution in [0.2, 0.25) is 0 Å². The minimum Gasteiger partial charge on any atom is -0.381 e. The van der Waals surface area contributed by atoms with Crippen molar-refractivity contribution >= 4 is 32.9 Å². The first-order valence-electron chi connectivity index (χ1n) is 11.1. The van der Waals surface area contributed by atoms with E-state index < -0.39 is 11.7 Å². The van der Waals surface area contributed by atoms with Gasteiger partial charge in [-0.05, 0) is 63.0 Å². The number of alkyl halides is 3. The molecule has 0 bridgehead atoms. The molecule has 34 heavy (non-hydrogen) atoms. The minimum absolute atomic E-state index is 0.420. The molecule has 0 aliphatic carbocycles. The van der Waals surface area contributed by atoms with Crippen LogP contribution in [-0.4, -0.2) is 0 Å². The highest BCUT2D eigenvalue weighted by molar-refractivity contribution is 5.83. The van der Waals surface area contributed by atoms with E-state index in [1.807, 2.05) is 72.8 Å². The van der Waals surface area contributed by atoms with Crippen LogP contribution in [0, 0.1) is 0 Å². The van der Waals surface area contributed by atoms with Gasteiger partial charge in [0.2, 0.25) is 0 Å². The molecule has 0 aliphatic heterocycles. The molecule has 0 radical (unpaired) electrons. The van der Waals surface area contributed by atoms with E-state index in [-0.39, 0.29) is 0 Å². The number of fused-ring (bicyclic) bond motifs is 2. The Hall–Kier alpha value is -3.99. The zero-order valence-corrected chi connectivity index (χ0v) is 18.4. The Balaban J connectivity index is 1.35. The normalized spacial score (nSPS) is 11.6. The summed E-state index contributed by atoms with van der Waals surface area (Å²) in [6.45, 7) is 0.854. The summed E-state index contributed by atoms with van der Waals surface area (Å²) >= 11 is 0. The number of halogens is 3. The average Bonchev–Trinajstić information content (AvgIpc) is 2.85. The lowest BCUT2D eigenvalue weighted by Gasteiger charge is -2.15. The first kappa shape index (κ1) is 21.8. The number of hydrogen-bond donors (Lipinski definition) is 2. The number of anilines is 2. The van der Waals surface area contributed by atoms with Gasteiger partial charge in [-0.3, -0.25) is 0 Å². The summed E-state index contributed by atoms with van der Waals surface area (Å²) in [7, 11) is 0. The molecule has 0 aliphatic rings. The fourth-order valence-electron chi connectivity index (χ4n) is 4.10. The molecular weight excluding hydrogens is 433 g/mol. The van der Waals surface area contributed by atoms with Crippen LogP contribution in [-0.2, 0) is 19.3 Å². The van der Waals surface area contributed by atoms with Crippen LogP contribution in [0.3, 0.4) is 0 Å². The number of benzene rings is 5. The van der Waals surface area contributed by atoms with Gasteiger partial charge in [-0.15, -0.1) is 0 Å². The largest absolute Gasteiger partial charge is 0.416 e. The molecule has 2 N–H and O–H groups in total. The molecule has 0 fully saturated rings. The van der Waals surface area contributed by atoms with E-state index in [2.05, 4.69) is 22.8 Å². The van der Waals surface area contributed by atoms with E-state index in [1.165, 1.54) is 0 Å². The topological polar surface area (TPSA) is 24.1 Å². The van der Waals surface area contributed by atoms with Crippen molar-refractivity contribution in [2.75, 3.05) is 10.6 Å². The Morgan fingerprint density at radius 3 is 1.38 bits per heavy atom. The van der Waals surface area contributed by atoms with Gasteiger partial charge in [-0.2, -0.15) is 13.2 Å². The second-order valence-electron chi connectivity index (χ2n) is 8.37. The van der Waals surface area contributed by atoms with Gasteiger partial charge in [0.05, 0.1) is 5.56 Å². The van der Waals surface area contributed by atoms with E-state index in [0.717, 1.165) is 44.8 Å². The molecule has 0 unspecified atom stereocenters. The smallest absolute Gasteiger partial charge is 0.381 e. The maximum absolute atomic E-state index is 13.6. The van der Waals surface area contributed by atoms with Gasteiger partial charge in [-0.25, -0.2) is 0 Å². The molecule has 0 heterocycles. The fourth-order valence-corrected chi connectivity index (χ4v) is 4.10.